The van der Waals surface area contributed by atoms with Gasteiger partial charge in [-0.15, -0.1) is 0 Å². The van der Waals surface area contributed by atoms with Gasteiger partial charge in [-0.3, -0.25) is 4.79 Å². The molecule has 0 radical (unpaired) electrons. The van der Waals surface area contributed by atoms with Crippen LogP contribution in [0.1, 0.15) is 99.8 Å². The Bertz CT molecular complexity index is 531. The van der Waals surface area contributed by atoms with Crippen molar-refractivity contribution in [3.05, 3.63) is 0 Å². The summed E-state index contributed by atoms with van der Waals surface area (Å²) in [4.78, 5) is 12.4. The third-order valence-electron chi connectivity index (χ3n) is 8.40. The van der Waals surface area contributed by atoms with E-state index in [1.807, 2.05) is 0 Å². The van der Waals surface area contributed by atoms with Crippen molar-refractivity contribution in [1.29, 1.82) is 0 Å². The summed E-state index contributed by atoms with van der Waals surface area (Å²) in [5.41, 5.74) is 0.244. The SMILES string of the molecule is C[C@@H](CCCC(C)(C)O[Si](C)(C)C(C)(C)C)[C@H]1CC[C@H]2C(=O)CCC[C@]12C. The lowest BCUT2D eigenvalue weighted by Gasteiger charge is -2.43. The Kier molecular flexibility index (Phi) is 6.80. The van der Waals surface area contributed by atoms with Gasteiger partial charge in [-0.2, -0.15) is 0 Å². The summed E-state index contributed by atoms with van der Waals surface area (Å²) in [5, 5.41) is 0.262. The van der Waals surface area contributed by atoms with Gasteiger partial charge < -0.3 is 4.43 Å². The molecule has 0 aromatic heterocycles. The van der Waals surface area contributed by atoms with Crippen molar-refractivity contribution in [2.75, 3.05) is 0 Å². The number of ketones is 1. The van der Waals surface area contributed by atoms with E-state index in [1.165, 1.54) is 25.7 Å². The van der Waals surface area contributed by atoms with E-state index in [2.05, 4.69) is 61.6 Å². The van der Waals surface area contributed by atoms with E-state index in [-0.39, 0.29) is 16.1 Å². The fraction of sp³-hybridized carbons (Fsp3) is 0.958. The van der Waals surface area contributed by atoms with Gasteiger partial charge in [0.1, 0.15) is 5.78 Å². The van der Waals surface area contributed by atoms with Crippen LogP contribution >= 0.6 is 0 Å². The van der Waals surface area contributed by atoms with Crippen molar-refractivity contribution in [3.63, 3.8) is 0 Å². The summed E-state index contributed by atoms with van der Waals surface area (Å²) >= 11 is 0. The second kappa shape index (κ2) is 7.93. The number of Topliss-reactive ketones (excluding diaryl/α,β-unsaturated/α-hetero) is 1. The fourth-order valence-corrected chi connectivity index (χ4v) is 7.64. The molecular formula is C24H46O2Si. The average Bonchev–Trinajstić information content (AvgIpc) is 2.83. The highest BCUT2D eigenvalue weighted by molar-refractivity contribution is 6.74. The molecule has 0 spiro atoms. The quantitative estimate of drug-likeness (QED) is 0.421. The minimum atomic E-state index is -1.72. The molecule has 0 heterocycles. The average molecular weight is 395 g/mol. The lowest BCUT2D eigenvalue weighted by molar-refractivity contribution is -0.130. The Hall–Kier alpha value is -0.153. The maximum absolute atomic E-state index is 12.4. The van der Waals surface area contributed by atoms with Crippen LogP contribution in [-0.4, -0.2) is 19.7 Å². The van der Waals surface area contributed by atoms with Gasteiger partial charge in [0.15, 0.2) is 8.32 Å². The molecule has 0 aliphatic heterocycles. The number of carbonyl (C=O) groups excluding carboxylic acids is 1. The van der Waals surface area contributed by atoms with Crippen LogP contribution in [0.25, 0.3) is 0 Å². The van der Waals surface area contributed by atoms with Gasteiger partial charge in [0, 0.05) is 12.3 Å². The van der Waals surface area contributed by atoms with Gasteiger partial charge in [0.05, 0.1) is 5.60 Å². The molecule has 2 aliphatic carbocycles. The van der Waals surface area contributed by atoms with E-state index in [1.54, 1.807) is 0 Å². The van der Waals surface area contributed by atoms with E-state index in [4.69, 9.17) is 4.43 Å². The zero-order chi connectivity index (χ0) is 20.7. The number of fused-ring (bicyclic) bond motifs is 1. The standard InChI is InChI=1S/C24H46O2Si/c1-18(19-14-15-20-21(25)13-11-17-24(19,20)7)12-10-16-23(5,6)26-27(8,9)22(2,3)4/h18-20H,10-17H2,1-9H3/t18-,19+,20-,24+/m0/s1. The number of hydrogen-bond acceptors (Lipinski definition) is 2. The molecule has 2 fully saturated rings. The topological polar surface area (TPSA) is 26.3 Å². The van der Waals surface area contributed by atoms with Gasteiger partial charge in [0.25, 0.3) is 0 Å². The third kappa shape index (κ3) is 5.07. The number of rotatable bonds is 7. The molecule has 4 atom stereocenters. The Labute approximate surface area is 170 Å². The normalized spacial score (nSPS) is 31.1. The first kappa shape index (κ1) is 23.1. The molecule has 0 aromatic rings. The van der Waals surface area contributed by atoms with Gasteiger partial charge in [-0.1, -0.05) is 47.5 Å². The summed E-state index contributed by atoms with van der Waals surface area (Å²) < 4.78 is 6.71. The molecule has 0 bridgehead atoms. The van der Waals surface area contributed by atoms with E-state index >= 15 is 0 Å². The summed E-state index contributed by atoms with van der Waals surface area (Å²) in [7, 11) is -1.72. The number of hydrogen-bond donors (Lipinski definition) is 0. The molecule has 0 aromatic carbocycles. The first-order valence-electron chi connectivity index (χ1n) is 11.4. The van der Waals surface area contributed by atoms with Crippen LogP contribution in [0.15, 0.2) is 0 Å². The van der Waals surface area contributed by atoms with E-state index in [0.29, 0.717) is 11.7 Å². The lowest BCUT2D eigenvalue weighted by atomic mass is 9.62. The summed E-state index contributed by atoms with van der Waals surface area (Å²) in [6, 6.07) is 0. The smallest absolute Gasteiger partial charge is 0.192 e. The maximum atomic E-state index is 12.4. The van der Waals surface area contributed by atoms with E-state index < -0.39 is 8.32 Å². The molecule has 0 saturated heterocycles. The molecule has 3 heteroatoms. The highest BCUT2D eigenvalue weighted by Gasteiger charge is 2.52. The second-order valence-electron chi connectivity index (χ2n) is 12.1. The zero-order valence-corrected chi connectivity index (χ0v) is 20.7. The van der Waals surface area contributed by atoms with Gasteiger partial charge in [0.2, 0.25) is 0 Å². The van der Waals surface area contributed by atoms with Crippen LogP contribution in [0.3, 0.4) is 0 Å². The van der Waals surface area contributed by atoms with Crippen LogP contribution in [0.4, 0.5) is 0 Å². The van der Waals surface area contributed by atoms with Crippen LogP contribution < -0.4 is 0 Å². The van der Waals surface area contributed by atoms with Crippen molar-refractivity contribution in [1.82, 2.24) is 0 Å². The summed E-state index contributed by atoms with van der Waals surface area (Å²) in [5.74, 6) is 2.37. The molecule has 27 heavy (non-hydrogen) atoms. The Balaban J connectivity index is 1.89. The van der Waals surface area contributed by atoms with Gasteiger partial charge in [-0.05, 0) is 81.3 Å². The lowest BCUT2D eigenvalue weighted by Crippen LogP contribution is -2.47. The Morgan fingerprint density at radius 3 is 2.41 bits per heavy atom. The van der Waals surface area contributed by atoms with Crippen LogP contribution in [0.5, 0.6) is 0 Å². The van der Waals surface area contributed by atoms with Crippen LogP contribution in [0, 0.1) is 23.2 Å². The summed E-state index contributed by atoms with van der Waals surface area (Å²) in [6.07, 6.45) is 9.25. The number of carbonyl (C=O) groups is 1. The monoisotopic (exact) mass is 394 g/mol. The highest BCUT2D eigenvalue weighted by atomic mass is 28.4. The molecule has 158 valence electrons. The van der Waals surface area contributed by atoms with Crippen molar-refractivity contribution in [3.8, 4) is 0 Å². The van der Waals surface area contributed by atoms with Crippen molar-refractivity contribution in [2.24, 2.45) is 23.2 Å². The Morgan fingerprint density at radius 2 is 1.81 bits per heavy atom. The minimum Gasteiger partial charge on any atom is -0.412 e. The molecule has 2 nitrogen and oxygen atoms in total. The van der Waals surface area contributed by atoms with Gasteiger partial charge in [-0.25, -0.2) is 0 Å². The molecule has 2 aliphatic rings. The second-order valence-corrected chi connectivity index (χ2v) is 16.8. The Morgan fingerprint density at radius 1 is 1.19 bits per heavy atom. The zero-order valence-electron chi connectivity index (χ0n) is 19.7. The predicted octanol–water partition coefficient (Wildman–Crippen LogP) is 7.38. The summed E-state index contributed by atoms with van der Waals surface area (Å²) in [6.45, 7) is 21.1. The van der Waals surface area contributed by atoms with E-state index in [9.17, 15) is 4.79 Å². The van der Waals surface area contributed by atoms with Crippen molar-refractivity contribution in [2.45, 2.75) is 124 Å². The molecular weight excluding hydrogens is 348 g/mol. The highest BCUT2D eigenvalue weighted by Crippen LogP contribution is 2.57. The van der Waals surface area contributed by atoms with Crippen molar-refractivity contribution < 1.29 is 9.22 Å². The fourth-order valence-electron chi connectivity index (χ4n) is 5.85. The van der Waals surface area contributed by atoms with E-state index in [0.717, 1.165) is 37.5 Å². The predicted molar refractivity (Wildman–Crippen MR) is 119 cm³/mol. The molecule has 2 saturated carbocycles. The molecule has 0 amide bonds. The largest absolute Gasteiger partial charge is 0.412 e. The molecule has 2 rings (SSSR count). The minimum absolute atomic E-state index is 0.0361. The molecule has 0 unspecified atom stereocenters. The van der Waals surface area contributed by atoms with Crippen LogP contribution in [-0.2, 0) is 9.22 Å². The first-order chi connectivity index (χ1) is 12.2. The third-order valence-corrected chi connectivity index (χ3v) is 13.1. The maximum Gasteiger partial charge on any atom is 0.192 e. The van der Waals surface area contributed by atoms with Crippen molar-refractivity contribution >= 4 is 14.1 Å². The molecule has 0 N–H and O–H groups in total. The van der Waals surface area contributed by atoms with Crippen LogP contribution in [0.2, 0.25) is 18.1 Å². The van der Waals surface area contributed by atoms with Gasteiger partial charge >= 0.3 is 0 Å². The first-order valence-corrected chi connectivity index (χ1v) is 14.3.